The summed E-state index contributed by atoms with van der Waals surface area (Å²) in [6.45, 7) is 2.78. The average Bonchev–Trinajstić information content (AvgIpc) is 3.37. The Hall–Kier alpha value is -2.91. The fraction of sp³-hybridized carbons (Fsp3) is 0.421. The fourth-order valence-corrected chi connectivity index (χ4v) is 3.43. The second-order valence-corrected chi connectivity index (χ2v) is 6.96. The van der Waals surface area contributed by atoms with E-state index in [0.29, 0.717) is 30.2 Å². The van der Waals surface area contributed by atoms with Crippen LogP contribution in [0.15, 0.2) is 24.3 Å². The lowest BCUT2D eigenvalue weighted by Crippen LogP contribution is -2.35. The van der Waals surface area contributed by atoms with Crippen molar-refractivity contribution in [1.82, 2.24) is 20.8 Å². The van der Waals surface area contributed by atoms with Gasteiger partial charge in [-0.25, -0.2) is 4.79 Å². The summed E-state index contributed by atoms with van der Waals surface area (Å²) in [6, 6.07) is 6.68. The van der Waals surface area contributed by atoms with Crippen molar-refractivity contribution in [3.8, 4) is 0 Å². The first-order valence-electron chi connectivity index (χ1n) is 9.54. The number of rotatable bonds is 5. The quantitative estimate of drug-likeness (QED) is 0.536. The van der Waals surface area contributed by atoms with Gasteiger partial charge in [0, 0.05) is 55.3 Å². The molecule has 0 bridgehead atoms. The molecule has 0 aliphatic carbocycles. The predicted octanol–water partition coefficient (Wildman–Crippen LogP) is 1.61. The molecule has 3 heterocycles. The van der Waals surface area contributed by atoms with E-state index in [0.717, 1.165) is 43.7 Å². The van der Waals surface area contributed by atoms with E-state index in [4.69, 9.17) is 4.74 Å². The van der Waals surface area contributed by atoms with Crippen molar-refractivity contribution in [3.05, 3.63) is 41.2 Å². The summed E-state index contributed by atoms with van der Waals surface area (Å²) in [4.78, 5) is 24.5. The molecule has 1 fully saturated rings. The minimum atomic E-state index is -0.275. The summed E-state index contributed by atoms with van der Waals surface area (Å²) < 4.78 is 5.48. The molecule has 1 atom stereocenters. The normalized spacial score (nSPS) is 18.4. The number of carbonyl (C=O) groups is 2. The minimum Gasteiger partial charge on any atom is -0.376 e. The van der Waals surface area contributed by atoms with Gasteiger partial charge < -0.3 is 26.0 Å². The SMILES string of the molecule is O=C(NCC1CCCO1)Nc1ccc(NC(=O)c2n[nH]c3c2CNCC3)cc1. The van der Waals surface area contributed by atoms with E-state index in [1.807, 2.05) is 0 Å². The zero-order valence-electron chi connectivity index (χ0n) is 15.5. The number of H-pyrrole nitrogens is 1. The number of amides is 3. The predicted molar refractivity (Wildman–Crippen MR) is 104 cm³/mol. The smallest absolute Gasteiger partial charge is 0.319 e. The van der Waals surface area contributed by atoms with Crippen LogP contribution in [-0.4, -0.2) is 47.9 Å². The molecule has 148 valence electrons. The molecule has 9 nitrogen and oxygen atoms in total. The van der Waals surface area contributed by atoms with E-state index < -0.39 is 0 Å². The van der Waals surface area contributed by atoms with Crippen LogP contribution in [0.2, 0.25) is 0 Å². The van der Waals surface area contributed by atoms with Crippen molar-refractivity contribution in [2.75, 3.05) is 30.3 Å². The van der Waals surface area contributed by atoms with Crippen molar-refractivity contribution in [1.29, 1.82) is 0 Å². The molecule has 2 aliphatic heterocycles. The third-order valence-corrected chi connectivity index (χ3v) is 4.94. The summed E-state index contributed by atoms with van der Waals surface area (Å²) in [5.74, 6) is -0.254. The van der Waals surface area contributed by atoms with Crippen LogP contribution >= 0.6 is 0 Å². The van der Waals surface area contributed by atoms with E-state index in [1.54, 1.807) is 24.3 Å². The van der Waals surface area contributed by atoms with Gasteiger partial charge >= 0.3 is 6.03 Å². The van der Waals surface area contributed by atoms with Gasteiger partial charge in [-0.1, -0.05) is 0 Å². The summed E-state index contributed by atoms with van der Waals surface area (Å²) in [7, 11) is 0. The van der Waals surface area contributed by atoms with Crippen LogP contribution in [0.3, 0.4) is 0 Å². The zero-order chi connectivity index (χ0) is 19.3. The van der Waals surface area contributed by atoms with Crippen molar-refractivity contribution in [2.45, 2.75) is 31.9 Å². The largest absolute Gasteiger partial charge is 0.376 e. The van der Waals surface area contributed by atoms with E-state index in [9.17, 15) is 9.59 Å². The molecule has 2 aliphatic rings. The van der Waals surface area contributed by atoms with Gasteiger partial charge in [0.05, 0.1) is 6.10 Å². The molecular formula is C19H24N6O3. The molecule has 1 saturated heterocycles. The number of nitrogens with zero attached hydrogens (tertiary/aromatic N) is 1. The van der Waals surface area contributed by atoms with Gasteiger partial charge in [-0.15, -0.1) is 0 Å². The van der Waals surface area contributed by atoms with Crippen molar-refractivity contribution < 1.29 is 14.3 Å². The fourth-order valence-electron chi connectivity index (χ4n) is 3.43. The standard InChI is InChI=1S/C19H24N6O3/c26-18(17-15-11-20-8-7-16(15)24-25-17)22-12-3-5-13(6-4-12)23-19(27)21-10-14-2-1-9-28-14/h3-6,14,20H,1-2,7-11H2,(H,22,26)(H,24,25)(H2,21,23,27). The number of nitrogens with one attached hydrogen (secondary N) is 5. The molecule has 3 amide bonds. The molecule has 1 aromatic heterocycles. The van der Waals surface area contributed by atoms with Crippen molar-refractivity contribution >= 4 is 23.3 Å². The van der Waals surface area contributed by atoms with Crippen LogP contribution in [0.25, 0.3) is 0 Å². The minimum absolute atomic E-state index is 0.103. The van der Waals surface area contributed by atoms with Gasteiger partial charge in [0.25, 0.3) is 5.91 Å². The maximum absolute atomic E-state index is 12.5. The first-order chi connectivity index (χ1) is 13.7. The Bertz CT molecular complexity index is 842. The van der Waals surface area contributed by atoms with E-state index in [2.05, 4.69) is 31.5 Å². The zero-order valence-corrected chi connectivity index (χ0v) is 15.5. The Morgan fingerprint density at radius 1 is 1.18 bits per heavy atom. The van der Waals surface area contributed by atoms with Gasteiger partial charge in [0.1, 0.15) is 0 Å². The van der Waals surface area contributed by atoms with E-state index >= 15 is 0 Å². The lowest BCUT2D eigenvalue weighted by atomic mass is 10.1. The molecule has 4 rings (SSSR count). The van der Waals surface area contributed by atoms with Crippen LogP contribution in [-0.2, 0) is 17.7 Å². The highest BCUT2D eigenvalue weighted by atomic mass is 16.5. The highest BCUT2D eigenvalue weighted by molar-refractivity contribution is 6.04. The van der Waals surface area contributed by atoms with Crippen LogP contribution < -0.4 is 21.3 Å². The van der Waals surface area contributed by atoms with E-state index in [-0.39, 0.29) is 18.0 Å². The Morgan fingerprint density at radius 2 is 1.96 bits per heavy atom. The Morgan fingerprint density at radius 3 is 2.71 bits per heavy atom. The number of hydrogen-bond acceptors (Lipinski definition) is 5. The molecule has 5 N–H and O–H groups in total. The molecule has 0 radical (unpaired) electrons. The summed E-state index contributed by atoms with van der Waals surface area (Å²) >= 11 is 0. The third-order valence-electron chi connectivity index (χ3n) is 4.94. The molecule has 0 saturated carbocycles. The van der Waals surface area contributed by atoms with Crippen molar-refractivity contribution in [2.24, 2.45) is 0 Å². The second kappa shape index (κ2) is 8.41. The van der Waals surface area contributed by atoms with Gasteiger partial charge in [0.15, 0.2) is 5.69 Å². The Kier molecular flexibility index (Phi) is 5.54. The van der Waals surface area contributed by atoms with Crippen LogP contribution in [0.4, 0.5) is 16.2 Å². The maximum Gasteiger partial charge on any atom is 0.319 e. The van der Waals surface area contributed by atoms with Gasteiger partial charge in [-0.3, -0.25) is 9.89 Å². The average molecular weight is 384 g/mol. The molecule has 0 spiro atoms. The first-order valence-corrected chi connectivity index (χ1v) is 9.54. The number of carbonyl (C=O) groups excluding carboxylic acids is 2. The monoisotopic (exact) mass is 384 g/mol. The number of benzene rings is 1. The second-order valence-electron chi connectivity index (χ2n) is 6.96. The molecule has 1 unspecified atom stereocenters. The van der Waals surface area contributed by atoms with Crippen LogP contribution in [0.1, 0.15) is 34.6 Å². The number of urea groups is 1. The van der Waals surface area contributed by atoms with Crippen molar-refractivity contribution in [3.63, 3.8) is 0 Å². The van der Waals surface area contributed by atoms with Crippen LogP contribution in [0.5, 0.6) is 0 Å². The molecule has 2 aromatic rings. The summed E-state index contributed by atoms with van der Waals surface area (Å²) in [6.07, 6.45) is 2.96. The number of hydrogen-bond donors (Lipinski definition) is 5. The molecule has 28 heavy (non-hydrogen) atoms. The third kappa shape index (κ3) is 4.32. The Balaban J connectivity index is 1.30. The molecule has 1 aromatic carbocycles. The molecule has 9 heteroatoms. The Labute approximate surface area is 162 Å². The number of aromatic nitrogens is 2. The first kappa shape index (κ1) is 18.5. The summed E-state index contributed by atoms with van der Waals surface area (Å²) in [5, 5.41) is 18.8. The topological polar surface area (TPSA) is 120 Å². The highest BCUT2D eigenvalue weighted by Gasteiger charge is 2.21. The maximum atomic E-state index is 12.5. The highest BCUT2D eigenvalue weighted by Crippen LogP contribution is 2.18. The number of aromatic amines is 1. The van der Waals surface area contributed by atoms with Gasteiger partial charge in [-0.05, 0) is 37.1 Å². The lowest BCUT2D eigenvalue weighted by Gasteiger charge is -2.13. The van der Waals surface area contributed by atoms with E-state index in [1.165, 1.54) is 0 Å². The number of fused-ring (bicyclic) bond motifs is 1. The number of anilines is 2. The van der Waals surface area contributed by atoms with Crippen LogP contribution in [0, 0.1) is 0 Å². The van der Waals surface area contributed by atoms with Gasteiger partial charge in [-0.2, -0.15) is 5.10 Å². The lowest BCUT2D eigenvalue weighted by molar-refractivity contribution is 0.102. The summed E-state index contributed by atoms with van der Waals surface area (Å²) in [5.41, 5.74) is 3.63. The molecular weight excluding hydrogens is 360 g/mol. The van der Waals surface area contributed by atoms with Gasteiger partial charge in [0.2, 0.25) is 0 Å². The number of ether oxygens (including phenoxy) is 1.